The molecule has 0 aliphatic rings. The maximum Gasteiger partial charge on any atom is 0.160 e. The normalized spacial score (nSPS) is 11.1. The van der Waals surface area contributed by atoms with Crippen LogP contribution in [-0.4, -0.2) is 30.6 Å². The second-order valence-corrected chi connectivity index (χ2v) is 5.44. The number of carbonyl (C=O) groups excluding carboxylic acids is 3. The minimum atomic E-state index is -0.0105. The quantitative estimate of drug-likeness (QED) is 0.541. The van der Waals surface area contributed by atoms with E-state index in [9.17, 15) is 14.4 Å². The van der Waals surface area contributed by atoms with Crippen LogP contribution in [-0.2, 0) is 19.1 Å². The third-order valence-corrected chi connectivity index (χ3v) is 2.93. The van der Waals surface area contributed by atoms with Gasteiger partial charge in [-0.2, -0.15) is 0 Å². The molecule has 0 heterocycles. The average Bonchev–Trinajstić information content (AvgIpc) is 2.34. The Morgan fingerprint density at radius 3 is 1.95 bits per heavy atom. The zero-order valence-electron chi connectivity index (χ0n) is 12.5. The second-order valence-electron chi connectivity index (χ2n) is 5.44. The molecule has 0 saturated heterocycles. The maximum absolute atomic E-state index is 11.5. The highest BCUT2D eigenvalue weighted by Crippen LogP contribution is 2.05. The molecular formula is C15H26O4. The number of carbonyl (C=O) groups is 3. The number of Topliss-reactive ketones (excluding diaryl/α,β-unsaturated/α-hetero) is 3. The number of hydrogen-bond acceptors (Lipinski definition) is 4. The van der Waals surface area contributed by atoms with Crippen LogP contribution in [0.4, 0.5) is 0 Å². The largest absolute Gasteiger partial charge is 0.374 e. The van der Waals surface area contributed by atoms with Crippen LogP contribution < -0.4 is 0 Å². The van der Waals surface area contributed by atoms with Gasteiger partial charge < -0.3 is 4.74 Å². The van der Waals surface area contributed by atoms with E-state index < -0.39 is 0 Å². The molecule has 0 aliphatic heterocycles. The van der Waals surface area contributed by atoms with E-state index in [1.54, 1.807) is 0 Å². The van der Waals surface area contributed by atoms with Gasteiger partial charge in [-0.25, -0.2) is 0 Å². The van der Waals surface area contributed by atoms with Crippen molar-refractivity contribution in [2.75, 3.05) is 13.2 Å². The van der Waals surface area contributed by atoms with Crippen molar-refractivity contribution in [1.29, 1.82) is 0 Å². The van der Waals surface area contributed by atoms with E-state index in [0.29, 0.717) is 32.3 Å². The van der Waals surface area contributed by atoms with Crippen LogP contribution in [0.25, 0.3) is 0 Å². The van der Waals surface area contributed by atoms with E-state index >= 15 is 0 Å². The summed E-state index contributed by atoms with van der Waals surface area (Å²) in [6.45, 7) is 7.89. The van der Waals surface area contributed by atoms with Crippen LogP contribution in [0.1, 0.15) is 53.4 Å². The number of hydrogen-bond donors (Lipinski definition) is 0. The predicted octanol–water partition coefficient (Wildman–Crippen LogP) is 2.58. The van der Waals surface area contributed by atoms with E-state index in [0.717, 1.165) is 0 Å². The predicted molar refractivity (Wildman–Crippen MR) is 74.0 cm³/mol. The van der Waals surface area contributed by atoms with Gasteiger partial charge in [-0.15, -0.1) is 0 Å². The lowest BCUT2D eigenvalue weighted by Crippen LogP contribution is -2.15. The Bertz CT molecular complexity index is 305. The van der Waals surface area contributed by atoms with Crippen LogP contribution in [0.5, 0.6) is 0 Å². The molecule has 19 heavy (non-hydrogen) atoms. The molecule has 0 radical (unpaired) electrons. The minimum Gasteiger partial charge on any atom is -0.374 e. The van der Waals surface area contributed by atoms with E-state index in [4.69, 9.17) is 4.74 Å². The van der Waals surface area contributed by atoms with Gasteiger partial charge in [0.05, 0.1) is 0 Å². The molecule has 0 rings (SSSR count). The molecule has 4 heteroatoms. The van der Waals surface area contributed by atoms with E-state index in [-0.39, 0.29) is 35.8 Å². The molecule has 0 amide bonds. The topological polar surface area (TPSA) is 60.4 Å². The standard InChI is InChI=1S/C15H26O4/c1-11(2)14(17)8-7-13(16)6-5-9-19-10-15(18)12(3)4/h11-12H,5-10H2,1-4H3. The zero-order chi connectivity index (χ0) is 14.8. The molecule has 0 saturated carbocycles. The average molecular weight is 270 g/mol. The molecule has 110 valence electrons. The molecule has 0 atom stereocenters. The van der Waals surface area contributed by atoms with Crippen molar-refractivity contribution < 1.29 is 19.1 Å². The van der Waals surface area contributed by atoms with Crippen molar-refractivity contribution in [3.05, 3.63) is 0 Å². The van der Waals surface area contributed by atoms with E-state index in [1.165, 1.54) is 0 Å². The highest BCUT2D eigenvalue weighted by Gasteiger charge is 2.10. The van der Waals surface area contributed by atoms with Crippen molar-refractivity contribution in [3.8, 4) is 0 Å². The highest BCUT2D eigenvalue weighted by atomic mass is 16.5. The summed E-state index contributed by atoms with van der Waals surface area (Å²) >= 11 is 0. The van der Waals surface area contributed by atoms with Crippen molar-refractivity contribution in [2.45, 2.75) is 53.4 Å². The van der Waals surface area contributed by atoms with E-state index in [1.807, 2.05) is 27.7 Å². The lowest BCUT2D eigenvalue weighted by atomic mass is 10.0. The summed E-state index contributed by atoms with van der Waals surface area (Å²) in [6, 6.07) is 0. The van der Waals surface area contributed by atoms with Gasteiger partial charge in [-0.3, -0.25) is 14.4 Å². The monoisotopic (exact) mass is 270 g/mol. The molecule has 0 unspecified atom stereocenters. The summed E-state index contributed by atoms with van der Waals surface area (Å²) in [5.41, 5.74) is 0. The van der Waals surface area contributed by atoms with Gasteiger partial charge in [0.15, 0.2) is 5.78 Å². The first-order chi connectivity index (χ1) is 8.84. The molecule has 0 bridgehead atoms. The van der Waals surface area contributed by atoms with Crippen molar-refractivity contribution >= 4 is 17.3 Å². The van der Waals surface area contributed by atoms with E-state index in [2.05, 4.69) is 0 Å². The zero-order valence-corrected chi connectivity index (χ0v) is 12.5. The summed E-state index contributed by atoms with van der Waals surface area (Å²) in [5, 5.41) is 0. The summed E-state index contributed by atoms with van der Waals surface area (Å²) in [6.07, 6.45) is 1.69. The SMILES string of the molecule is CC(C)C(=O)CCC(=O)CCCOCC(=O)C(C)C. The molecule has 0 aromatic carbocycles. The van der Waals surface area contributed by atoms with Gasteiger partial charge in [-0.05, 0) is 6.42 Å². The summed E-state index contributed by atoms with van der Waals surface area (Å²) in [7, 11) is 0. The molecule has 0 spiro atoms. The van der Waals surface area contributed by atoms with Crippen LogP contribution in [0.2, 0.25) is 0 Å². The fourth-order valence-electron chi connectivity index (χ4n) is 1.39. The first-order valence-corrected chi connectivity index (χ1v) is 6.99. The lowest BCUT2D eigenvalue weighted by Gasteiger charge is -2.06. The molecule has 0 N–H and O–H groups in total. The minimum absolute atomic E-state index is 0.00169. The Morgan fingerprint density at radius 2 is 1.42 bits per heavy atom. The first-order valence-electron chi connectivity index (χ1n) is 6.99. The van der Waals surface area contributed by atoms with Gasteiger partial charge in [0.25, 0.3) is 0 Å². The Balaban J connectivity index is 3.54. The summed E-state index contributed by atoms with van der Waals surface area (Å²) in [5.74, 6) is 0.288. The third kappa shape index (κ3) is 9.54. The van der Waals surface area contributed by atoms with Crippen LogP contribution in [0, 0.1) is 11.8 Å². The highest BCUT2D eigenvalue weighted by molar-refractivity contribution is 5.86. The molecular weight excluding hydrogens is 244 g/mol. The fourth-order valence-corrected chi connectivity index (χ4v) is 1.39. The summed E-state index contributed by atoms with van der Waals surface area (Å²) in [4.78, 5) is 34.1. The van der Waals surface area contributed by atoms with Crippen molar-refractivity contribution in [3.63, 3.8) is 0 Å². The molecule has 0 aromatic rings. The smallest absolute Gasteiger partial charge is 0.160 e. The van der Waals surface area contributed by atoms with Crippen LogP contribution >= 0.6 is 0 Å². The van der Waals surface area contributed by atoms with Gasteiger partial charge in [0.2, 0.25) is 0 Å². The molecule has 4 nitrogen and oxygen atoms in total. The number of ether oxygens (including phenoxy) is 1. The third-order valence-electron chi connectivity index (χ3n) is 2.93. The van der Waals surface area contributed by atoms with Gasteiger partial charge in [0.1, 0.15) is 18.2 Å². The van der Waals surface area contributed by atoms with Crippen molar-refractivity contribution in [2.24, 2.45) is 11.8 Å². The van der Waals surface area contributed by atoms with Gasteiger partial charge in [0, 0.05) is 37.7 Å². The Labute approximate surface area is 115 Å². The maximum atomic E-state index is 11.5. The summed E-state index contributed by atoms with van der Waals surface area (Å²) < 4.78 is 5.20. The van der Waals surface area contributed by atoms with Crippen LogP contribution in [0.15, 0.2) is 0 Å². The van der Waals surface area contributed by atoms with Gasteiger partial charge in [-0.1, -0.05) is 27.7 Å². The van der Waals surface area contributed by atoms with Gasteiger partial charge >= 0.3 is 0 Å². The number of rotatable bonds is 11. The Hall–Kier alpha value is -1.03. The Morgan fingerprint density at radius 1 is 0.842 bits per heavy atom. The Kier molecular flexibility index (Phi) is 9.31. The molecule has 0 aliphatic carbocycles. The van der Waals surface area contributed by atoms with Crippen LogP contribution in [0.3, 0.4) is 0 Å². The van der Waals surface area contributed by atoms with Crippen molar-refractivity contribution in [1.82, 2.24) is 0 Å². The molecule has 0 aromatic heterocycles. The lowest BCUT2D eigenvalue weighted by molar-refractivity contribution is -0.127. The fraction of sp³-hybridized carbons (Fsp3) is 0.800. The second kappa shape index (κ2) is 9.84. The molecule has 0 fully saturated rings. The number of ketones is 3. The first kappa shape index (κ1) is 18.0.